The average Bonchev–Trinajstić information content (AvgIpc) is 3.86. The van der Waals surface area contributed by atoms with E-state index in [4.69, 9.17) is 15.7 Å². The number of aryl methyl sites for hydroxylation is 1. The molecule has 1 saturated carbocycles. The Bertz CT molecular complexity index is 1820. The van der Waals surface area contributed by atoms with E-state index in [-0.39, 0.29) is 16.9 Å². The topological polar surface area (TPSA) is 95.4 Å². The van der Waals surface area contributed by atoms with Gasteiger partial charge in [0.25, 0.3) is 10.1 Å². The zero-order chi connectivity index (χ0) is 36.1. The Morgan fingerprint density at radius 1 is 0.608 bits per heavy atom. The van der Waals surface area contributed by atoms with Gasteiger partial charge >= 0.3 is 0 Å². The van der Waals surface area contributed by atoms with Crippen LogP contribution in [0.3, 0.4) is 0 Å². The van der Waals surface area contributed by atoms with Gasteiger partial charge in [-0.3, -0.25) is 4.18 Å². The summed E-state index contributed by atoms with van der Waals surface area (Å²) in [5, 5.41) is 0. The van der Waals surface area contributed by atoms with Crippen molar-refractivity contribution in [2.24, 2.45) is 29.2 Å². The zero-order valence-electron chi connectivity index (χ0n) is 30.1. The summed E-state index contributed by atoms with van der Waals surface area (Å²) in [6, 6.07) is 48.3. The summed E-state index contributed by atoms with van der Waals surface area (Å²) in [5.74, 6) is 1.68. The van der Waals surface area contributed by atoms with Crippen LogP contribution in [0, 0.1) is 24.7 Å². The van der Waals surface area contributed by atoms with Gasteiger partial charge in [-0.25, -0.2) is 0 Å². The van der Waals surface area contributed by atoms with Gasteiger partial charge in [-0.1, -0.05) is 146 Å². The summed E-state index contributed by atoms with van der Waals surface area (Å²) < 4.78 is 31.8. The molecule has 5 nitrogen and oxygen atoms in total. The molecule has 0 aromatic heterocycles. The normalized spacial score (nSPS) is 17.7. The van der Waals surface area contributed by atoms with Crippen LogP contribution in [0.15, 0.2) is 150 Å². The zero-order valence-corrected chi connectivity index (χ0v) is 30.9. The van der Waals surface area contributed by atoms with Gasteiger partial charge in [0.15, 0.2) is 0 Å². The Kier molecular flexibility index (Phi) is 14.2. The third-order valence-corrected chi connectivity index (χ3v) is 11.2. The molecule has 1 aliphatic rings. The molecule has 0 saturated heterocycles. The van der Waals surface area contributed by atoms with Gasteiger partial charge in [-0.2, -0.15) is 8.42 Å². The Morgan fingerprint density at radius 3 is 1.57 bits per heavy atom. The van der Waals surface area contributed by atoms with Crippen molar-refractivity contribution < 1.29 is 12.6 Å². The van der Waals surface area contributed by atoms with Crippen LogP contribution in [0.4, 0.5) is 0 Å². The fraction of sp³-hybridized carbons (Fsp3) is 0.333. The summed E-state index contributed by atoms with van der Waals surface area (Å²) in [4.78, 5) is 0.173. The molecule has 5 aromatic carbocycles. The molecule has 4 N–H and O–H groups in total. The molecule has 0 amide bonds. The summed E-state index contributed by atoms with van der Waals surface area (Å²) in [6.07, 6.45) is 6.08. The minimum absolute atomic E-state index is 0.0237. The first-order valence-corrected chi connectivity index (χ1v) is 19.7. The predicted octanol–water partition coefficient (Wildman–Crippen LogP) is 8.73. The Morgan fingerprint density at radius 2 is 1.06 bits per heavy atom. The molecule has 1 fully saturated rings. The van der Waals surface area contributed by atoms with Crippen molar-refractivity contribution in [1.29, 1.82) is 0 Å². The highest BCUT2D eigenvalue weighted by Crippen LogP contribution is 2.44. The Labute approximate surface area is 306 Å². The third-order valence-electron chi connectivity index (χ3n) is 9.83. The van der Waals surface area contributed by atoms with Crippen molar-refractivity contribution >= 4 is 10.1 Å². The van der Waals surface area contributed by atoms with E-state index in [1.165, 1.54) is 30.4 Å². The number of rotatable bonds is 16. The predicted molar refractivity (Wildman–Crippen MR) is 210 cm³/mol. The SMILES string of the molecule is Cc1ccc(S(=O)(=O)O[C@@H](C[C@@H](N)Cc2ccccc2)[C@@H](C)Cc2ccccc2)cc1.N[C@@H](Cc1ccccc1)C[C@H]1C[C@H]1Cc1ccccc1. The van der Waals surface area contributed by atoms with Crippen molar-refractivity contribution in [1.82, 2.24) is 0 Å². The standard InChI is InChI=1S/C26H31NO3S.C19H23N/c1-20-13-15-25(16-14-20)31(28,29)30-26(21(2)17-22-9-5-3-6-10-22)19-24(27)18-23-11-7-4-8-12-23;20-19(12-16-9-5-2-6-10-16)14-18-13-17(18)11-15-7-3-1-4-8-15/h3-16,21,24,26H,17-19,27H2,1-2H3;1-10,17-19H,11-14,20H2/t21-,24-,26-;17-,18-,19+/m01/s1. The molecule has 268 valence electrons. The lowest BCUT2D eigenvalue weighted by atomic mass is 9.90. The summed E-state index contributed by atoms with van der Waals surface area (Å²) in [5.41, 5.74) is 18.8. The van der Waals surface area contributed by atoms with Crippen LogP contribution < -0.4 is 11.5 Å². The third kappa shape index (κ3) is 12.9. The minimum atomic E-state index is -3.89. The van der Waals surface area contributed by atoms with Crippen molar-refractivity contribution in [3.63, 3.8) is 0 Å². The lowest BCUT2D eigenvalue weighted by molar-refractivity contribution is 0.132. The maximum atomic E-state index is 13.0. The van der Waals surface area contributed by atoms with E-state index in [1.807, 2.05) is 74.5 Å². The monoisotopic (exact) mass is 702 g/mol. The van der Waals surface area contributed by atoms with Crippen LogP contribution in [-0.4, -0.2) is 26.6 Å². The number of hydrogen-bond acceptors (Lipinski definition) is 5. The molecular formula is C45H54N2O3S. The molecule has 0 heterocycles. The molecule has 0 spiro atoms. The largest absolute Gasteiger partial charge is 0.327 e. The molecule has 0 radical (unpaired) electrons. The summed E-state index contributed by atoms with van der Waals surface area (Å²) in [6.45, 7) is 3.95. The van der Waals surface area contributed by atoms with E-state index in [2.05, 4.69) is 60.7 Å². The average molecular weight is 703 g/mol. The van der Waals surface area contributed by atoms with Crippen LogP contribution in [0.25, 0.3) is 0 Å². The molecule has 51 heavy (non-hydrogen) atoms. The molecule has 1 aliphatic carbocycles. The molecule has 6 atom stereocenters. The Balaban J connectivity index is 0.000000216. The number of hydrogen-bond donors (Lipinski definition) is 2. The van der Waals surface area contributed by atoms with Crippen LogP contribution >= 0.6 is 0 Å². The van der Waals surface area contributed by atoms with Crippen LogP contribution in [-0.2, 0) is 40.0 Å². The quantitative estimate of drug-likeness (QED) is 0.100. The molecule has 6 rings (SSSR count). The first kappa shape index (κ1) is 38.2. The van der Waals surface area contributed by atoms with Gasteiger partial charge in [0.1, 0.15) is 0 Å². The highest BCUT2D eigenvalue weighted by Gasteiger charge is 2.37. The molecule has 6 heteroatoms. The van der Waals surface area contributed by atoms with Crippen LogP contribution in [0.5, 0.6) is 0 Å². The van der Waals surface area contributed by atoms with Gasteiger partial charge in [-0.05, 0) is 104 Å². The van der Waals surface area contributed by atoms with E-state index in [0.717, 1.165) is 34.9 Å². The van der Waals surface area contributed by atoms with Crippen molar-refractivity contribution in [2.45, 2.75) is 81.9 Å². The smallest absolute Gasteiger partial charge is 0.297 e. The Hall–Kier alpha value is -4.07. The van der Waals surface area contributed by atoms with Gasteiger partial charge < -0.3 is 11.5 Å². The summed E-state index contributed by atoms with van der Waals surface area (Å²) >= 11 is 0. The second-order valence-electron chi connectivity index (χ2n) is 14.4. The number of benzene rings is 5. The molecule has 0 bridgehead atoms. The molecule has 5 aromatic rings. The van der Waals surface area contributed by atoms with Crippen molar-refractivity contribution in [3.05, 3.63) is 173 Å². The molecular weight excluding hydrogens is 649 g/mol. The van der Waals surface area contributed by atoms with Crippen LogP contribution in [0.1, 0.15) is 54.0 Å². The first-order chi connectivity index (χ1) is 24.6. The minimum Gasteiger partial charge on any atom is -0.327 e. The van der Waals surface area contributed by atoms with Gasteiger partial charge in [-0.15, -0.1) is 0 Å². The van der Waals surface area contributed by atoms with Crippen LogP contribution in [0.2, 0.25) is 0 Å². The van der Waals surface area contributed by atoms with Gasteiger partial charge in [0.05, 0.1) is 11.0 Å². The van der Waals surface area contributed by atoms with E-state index in [1.54, 1.807) is 24.3 Å². The second kappa shape index (κ2) is 19.0. The van der Waals surface area contributed by atoms with E-state index in [0.29, 0.717) is 25.3 Å². The maximum absolute atomic E-state index is 13.0. The van der Waals surface area contributed by atoms with E-state index in [9.17, 15) is 8.42 Å². The van der Waals surface area contributed by atoms with Crippen molar-refractivity contribution in [2.75, 3.05) is 0 Å². The fourth-order valence-corrected chi connectivity index (χ4v) is 8.03. The van der Waals surface area contributed by atoms with Gasteiger partial charge in [0.2, 0.25) is 0 Å². The summed E-state index contributed by atoms with van der Waals surface area (Å²) in [7, 11) is -3.89. The number of nitrogens with two attached hydrogens (primary N) is 2. The fourth-order valence-electron chi connectivity index (χ4n) is 6.86. The van der Waals surface area contributed by atoms with E-state index >= 15 is 0 Å². The molecule has 0 aliphatic heterocycles. The second-order valence-corrected chi connectivity index (χ2v) is 16.0. The van der Waals surface area contributed by atoms with Gasteiger partial charge in [0, 0.05) is 12.1 Å². The first-order valence-electron chi connectivity index (χ1n) is 18.3. The highest BCUT2D eigenvalue weighted by atomic mass is 32.2. The lowest BCUT2D eigenvalue weighted by Crippen LogP contribution is -2.35. The lowest BCUT2D eigenvalue weighted by Gasteiger charge is -2.27. The van der Waals surface area contributed by atoms with E-state index < -0.39 is 16.2 Å². The maximum Gasteiger partial charge on any atom is 0.297 e. The van der Waals surface area contributed by atoms with Crippen molar-refractivity contribution in [3.8, 4) is 0 Å². The molecule has 0 unspecified atom stereocenters. The highest BCUT2D eigenvalue weighted by molar-refractivity contribution is 7.86.